The predicted molar refractivity (Wildman–Crippen MR) is 135 cm³/mol. The number of fused-ring (bicyclic) bond motifs is 4. The molecule has 34 heavy (non-hydrogen) atoms. The van der Waals surface area contributed by atoms with Gasteiger partial charge < -0.3 is 14.2 Å². The lowest BCUT2D eigenvalue weighted by molar-refractivity contribution is 0.102. The zero-order valence-corrected chi connectivity index (χ0v) is 19.1. The van der Waals surface area contributed by atoms with Crippen LogP contribution < -0.4 is 10.9 Å². The molecule has 0 spiro atoms. The zero-order chi connectivity index (χ0) is 23.2. The van der Waals surface area contributed by atoms with Crippen molar-refractivity contribution < 1.29 is 13.6 Å². The molecule has 0 unspecified atom stereocenters. The summed E-state index contributed by atoms with van der Waals surface area (Å²) in [4.78, 5) is 30.3. The van der Waals surface area contributed by atoms with E-state index in [1.54, 1.807) is 30.3 Å². The number of halogens is 1. The Balaban J connectivity index is 1.41. The van der Waals surface area contributed by atoms with E-state index in [4.69, 9.17) is 13.8 Å². The van der Waals surface area contributed by atoms with Crippen molar-refractivity contribution in [3.63, 3.8) is 0 Å². The number of nitrogens with one attached hydrogen (secondary N) is 1. The molecule has 0 bridgehead atoms. The quantitative estimate of drug-likeness (QED) is 0.265. The lowest BCUT2D eigenvalue weighted by atomic mass is 10.1. The first kappa shape index (κ1) is 20.4. The fourth-order valence-electron chi connectivity index (χ4n) is 4.00. The lowest BCUT2D eigenvalue weighted by Gasteiger charge is -2.09. The number of amides is 1. The molecule has 0 aliphatic carbocycles. The molecular formula is C27H15BrN2O4. The smallest absolute Gasteiger partial charge is 0.349 e. The van der Waals surface area contributed by atoms with Gasteiger partial charge in [-0.25, -0.2) is 9.78 Å². The van der Waals surface area contributed by atoms with Crippen molar-refractivity contribution in [2.45, 2.75) is 0 Å². The second-order valence-corrected chi connectivity index (χ2v) is 8.70. The normalized spacial score (nSPS) is 11.3. The number of oxazole rings is 1. The van der Waals surface area contributed by atoms with E-state index in [0.29, 0.717) is 33.7 Å². The number of benzene rings is 4. The Bertz CT molecular complexity index is 1800. The van der Waals surface area contributed by atoms with E-state index >= 15 is 0 Å². The molecule has 0 atom stereocenters. The molecule has 164 valence electrons. The van der Waals surface area contributed by atoms with Gasteiger partial charge >= 0.3 is 5.63 Å². The van der Waals surface area contributed by atoms with Crippen molar-refractivity contribution >= 4 is 60.4 Å². The number of rotatable bonds is 3. The first-order valence-electron chi connectivity index (χ1n) is 10.5. The van der Waals surface area contributed by atoms with E-state index in [0.717, 1.165) is 20.8 Å². The fraction of sp³-hybridized carbons (Fsp3) is 0. The van der Waals surface area contributed by atoms with Gasteiger partial charge in [0.15, 0.2) is 5.58 Å². The van der Waals surface area contributed by atoms with E-state index in [2.05, 4.69) is 21.2 Å². The minimum atomic E-state index is -0.710. The van der Waals surface area contributed by atoms with Crippen LogP contribution in [0.3, 0.4) is 0 Å². The number of aromatic nitrogens is 1. The number of hydrogen-bond acceptors (Lipinski definition) is 5. The topological polar surface area (TPSA) is 85.3 Å². The summed E-state index contributed by atoms with van der Waals surface area (Å²) in [5, 5.41) is 5.50. The average Bonchev–Trinajstić information content (AvgIpc) is 3.29. The summed E-state index contributed by atoms with van der Waals surface area (Å²) in [5.74, 6) is -0.207. The molecule has 0 fully saturated rings. The number of hydrogen-bond donors (Lipinski definition) is 1. The highest BCUT2D eigenvalue weighted by Gasteiger charge is 2.18. The van der Waals surface area contributed by atoms with Gasteiger partial charge in [0.05, 0.1) is 11.3 Å². The molecule has 4 aromatic carbocycles. The highest BCUT2D eigenvalue weighted by molar-refractivity contribution is 9.10. The van der Waals surface area contributed by atoms with Gasteiger partial charge in [-0.15, -0.1) is 0 Å². The summed E-state index contributed by atoms with van der Waals surface area (Å²) >= 11 is 3.39. The average molecular weight is 511 g/mol. The third-order valence-corrected chi connectivity index (χ3v) is 6.12. The zero-order valence-electron chi connectivity index (χ0n) is 17.5. The van der Waals surface area contributed by atoms with Gasteiger partial charge in [0.1, 0.15) is 16.7 Å². The third kappa shape index (κ3) is 3.47. The fourth-order valence-corrected chi connectivity index (χ4v) is 4.38. The van der Waals surface area contributed by atoms with Gasteiger partial charge in [0, 0.05) is 15.2 Å². The van der Waals surface area contributed by atoms with Crippen molar-refractivity contribution in [3.05, 3.63) is 105 Å². The highest BCUT2D eigenvalue weighted by Crippen LogP contribution is 2.33. The Morgan fingerprint density at radius 3 is 2.53 bits per heavy atom. The summed E-state index contributed by atoms with van der Waals surface area (Å²) in [6.07, 6.45) is 0. The second-order valence-electron chi connectivity index (χ2n) is 7.78. The van der Waals surface area contributed by atoms with Crippen molar-refractivity contribution in [3.8, 4) is 11.5 Å². The van der Waals surface area contributed by atoms with Crippen LogP contribution in [0.2, 0.25) is 0 Å². The van der Waals surface area contributed by atoms with Crippen molar-refractivity contribution in [1.29, 1.82) is 0 Å². The largest absolute Gasteiger partial charge is 0.436 e. The molecule has 0 radical (unpaired) electrons. The summed E-state index contributed by atoms with van der Waals surface area (Å²) in [6, 6.07) is 25.7. The maximum atomic E-state index is 13.1. The molecule has 2 aromatic heterocycles. The summed E-state index contributed by atoms with van der Waals surface area (Å²) in [7, 11) is 0. The third-order valence-electron chi connectivity index (χ3n) is 5.63. The monoisotopic (exact) mass is 510 g/mol. The van der Waals surface area contributed by atoms with E-state index in [-0.39, 0.29) is 5.56 Å². The molecule has 0 aliphatic rings. The minimum absolute atomic E-state index is 0.0936. The summed E-state index contributed by atoms with van der Waals surface area (Å²) in [6.45, 7) is 0. The van der Waals surface area contributed by atoms with Crippen LogP contribution in [0.15, 0.2) is 103 Å². The molecule has 6 rings (SSSR count). The first-order chi connectivity index (χ1) is 16.6. The maximum absolute atomic E-state index is 13.1. The number of carbonyl (C=O) groups excluding carboxylic acids is 1. The van der Waals surface area contributed by atoms with Gasteiger partial charge in [-0.05, 0) is 47.9 Å². The van der Waals surface area contributed by atoms with Crippen LogP contribution in [0.25, 0.3) is 44.3 Å². The molecular weight excluding hydrogens is 496 g/mol. The lowest BCUT2D eigenvalue weighted by Crippen LogP contribution is -2.21. The van der Waals surface area contributed by atoms with Crippen LogP contribution in [-0.2, 0) is 0 Å². The van der Waals surface area contributed by atoms with E-state index < -0.39 is 11.5 Å². The van der Waals surface area contributed by atoms with Crippen LogP contribution in [0.4, 0.5) is 5.69 Å². The van der Waals surface area contributed by atoms with E-state index in [1.165, 1.54) is 6.07 Å². The van der Waals surface area contributed by atoms with Crippen LogP contribution in [0, 0.1) is 0 Å². The molecule has 1 N–H and O–H groups in total. The molecule has 0 saturated carbocycles. The Hall–Kier alpha value is -4.23. The number of anilines is 1. The Kier molecular flexibility index (Phi) is 4.78. The van der Waals surface area contributed by atoms with Crippen LogP contribution in [0.1, 0.15) is 10.4 Å². The van der Waals surface area contributed by atoms with Gasteiger partial charge in [0.25, 0.3) is 5.91 Å². The van der Waals surface area contributed by atoms with Gasteiger partial charge in [-0.3, -0.25) is 4.79 Å². The van der Waals surface area contributed by atoms with Gasteiger partial charge in [-0.1, -0.05) is 58.4 Å². The Morgan fingerprint density at radius 2 is 1.62 bits per heavy atom. The molecule has 2 heterocycles. The minimum Gasteiger partial charge on any atom is -0.436 e. The molecule has 0 saturated heterocycles. The van der Waals surface area contributed by atoms with Crippen molar-refractivity contribution in [1.82, 2.24) is 4.98 Å². The predicted octanol–water partition coefficient (Wildman–Crippen LogP) is 6.77. The Labute approximate surface area is 201 Å². The standard InChI is InChI=1S/C27H15BrN2O4/c28-17-10-12-22-16(13-17)14-20(27(32)34-22)25(31)29-21-8-4-3-7-19(21)26-30-24-18-6-2-1-5-15(18)9-11-23(24)33-26/h1-14H,(H,29,31). The highest BCUT2D eigenvalue weighted by atomic mass is 79.9. The molecule has 6 aromatic rings. The number of carbonyl (C=O) groups is 1. The molecule has 7 heteroatoms. The van der Waals surface area contributed by atoms with Crippen molar-refractivity contribution in [2.75, 3.05) is 5.32 Å². The van der Waals surface area contributed by atoms with E-state index in [1.807, 2.05) is 48.5 Å². The summed E-state index contributed by atoms with van der Waals surface area (Å²) < 4.78 is 12.2. The number of para-hydroxylation sites is 1. The van der Waals surface area contributed by atoms with Crippen LogP contribution >= 0.6 is 15.9 Å². The first-order valence-corrected chi connectivity index (χ1v) is 11.3. The number of nitrogens with zero attached hydrogens (tertiary/aromatic N) is 1. The summed E-state index contributed by atoms with van der Waals surface area (Å²) in [5.41, 5.74) is 2.07. The van der Waals surface area contributed by atoms with Crippen LogP contribution in [-0.4, -0.2) is 10.9 Å². The van der Waals surface area contributed by atoms with Crippen LogP contribution in [0.5, 0.6) is 0 Å². The molecule has 6 nitrogen and oxygen atoms in total. The van der Waals surface area contributed by atoms with Gasteiger partial charge in [0.2, 0.25) is 5.89 Å². The second kappa shape index (κ2) is 7.97. The SMILES string of the molecule is O=C(Nc1ccccc1-c1nc2c(ccc3ccccc32)o1)c1cc2cc(Br)ccc2oc1=O. The molecule has 1 amide bonds. The van der Waals surface area contributed by atoms with E-state index in [9.17, 15) is 9.59 Å². The van der Waals surface area contributed by atoms with Gasteiger partial charge in [-0.2, -0.15) is 0 Å². The Morgan fingerprint density at radius 1 is 0.824 bits per heavy atom. The molecule has 0 aliphatic heterocycles. The maximum Gasteiger partial charge on any atom is 0.349 e. The van der Waals surface area contributed by atoms with Crippen molar-refractivity contribution in [2.24, 2.45) is 0 Å².